The van der Waals surface area contributed by atoms with E-state index in [1.165, 1.54) is 4.31 Å². The van der Waals surface area contributed by atoms with Gasteiger partial charge < -0.3 is 9.73 Å². The number of nitrogens with zero attached hydrogens (tertiary/aromatic N) is 1. The normalized spacial score (nSPS) is 12.7. The van der Waals surface area contributed by atoms with Crippen LogP contribution in [0, 0.1) is 6.92 Å². The molecule has 0 radical (unpaired) electrons. The highest BCUT2D eigenvalue weighted by Gasteiger charge is 2.31. The number of anilines is 2. The third kappa shape index (κ3) is 4.14. The van der Waals surface area contributed by atoms with E-state index in [1.807, 2.05) is 49.4 Å². The Morgan fingerprint density at radius 3 is 2.35 bits per heavy atom. The Hall–Kier alpha value is -3.32. The van der Waals surface area contributed by atoms with Gasteiger partial charge >= 0.3 is 0 Å². The van der Waals surface area contributed by atoms with Crippen LogP contribution in [0.1, 0.15) is 18.9 Å². The summed E-state index contributed by atoms with van der Waals surface area (Å²) in [4.78, 5) is 13.1. The van der Waals surface area contributed by atoms with Crippen molar-refractivity contribution in [1.29, 1.82) is 0 Å². The van der Waals surface area contributed by atoms with Crippen molar-refractivity contribution in [2.45, 2.75) is 26.3 Å². The highest BCUT2D eigenvalue weighted by atomic mass is 32.2. The number of carbonyl (C=O) groups is 1. The summed E-state index contributed by atoms with van der Waals surface area (Å²) in [5, 5.41) is 4.82. The van der Waals surface area contributed by atoms with Gasteiger partial charge in [-0.15, -0.1) is 0 Å². The Labute approximate surface area is 181 Å². The number of sulfonamides is 1. The largest absolute Gasteiger partial charge is 0.456 e. The molecule has 0 aliphatic carbocycles. The Kier molecular flexibility index (Phi) is 5.45. The molecule has 1 amide bonds. The molecule has 0 fully saturated rings. The zero-order valence-electron chi connectivity index (χ0n) is 17.6. The number of para-hydroxylation sites is 1. The summed E-state index contributed by atoms with van der Waals surface area (Å²) in [6, 6.07) is 19.4. The smallest absolute Gasteiger partial charge is 0.248 e. The summed E-state index contributed by atoms with van der Waals surface area (Å²) in [5.74, 6) is -0.399. The van der Waals surface area contributed by atoms with Gasteiger partial charge in [0.1, 0.15) is 17.2 Å². The third-order valence-electron chi connectivity index (χ3n) is 5.26. The average Bonchev–Trinajstić information content (AvgIpc) is 3.09. The van der Waals surface area contributed by atoms with Crippen molar-refractivity contribution in [3.05, 3.63) is 72.3 Å². The molecule has 0 unspecified atom stereocenters. The number of hydrogen-bond donors (Lipinski definition) is 1. The van der Waals surface area contributed by atoms with Crippen LogP contribution in [0.4, 0.5) is 11.4 Å². The lowest BCUT2D eigenvalue weighted by atomic mass is 10.1. The lowest BCUT2D eigenvalue weighted by Gasteiger charge is -2.30. The first-order chi connectivity index (χ1) is 14.8. The average molecular weight is 437 g/mol. The van der Waals surface area contributed by atoms with Gasteiger partial charge in [-0.3, -0.25) is 9.10 Å². The van der Waals surface area contributed by atoms with E-state index in [1.54, 1.807) is 31.2 Å². The van der Waals surface area contributed by atoms with Gasteiger partial charge in [0, 0.05) is 22.5 Å². The molecule has 1 atom stereocenters. The second-order valence-electron chi connectivity index (χ2n) is 7.62. The van der Waals surface area contributed by atoms with Gasteiger partial charge in [-0.05, 0) is 43.7 Å². The van der Waals surface area contributed by atoms with E-state index in [4.69, 9.17) is 4.42 Å². The van der Waals surface area contributed by atoms with E-state index in [0.29, 0.717) is 23.4 Å². The quantitative estimate of drug-likeness (QED) is 0.457. The molecule has 1 N–H and O–H groups in total. The second-order valence-corrected chi connectivity index (χ2v) is 9.48. The summed E-state index contributed by atoms with van der Waals surface area (Å²) in [6.45, 7) is 3.71. The Balaban J connectivity index is 1.66. The van der Waals surface area contributed by atoms with Gasteiger partial charge in [0.05, 0.1) is 11.9 Å². The topological polar surface area (TPSA) is 79.6 Å². The van der Waals surface area contributed by atoms with Gasteiger partial charge in [-0.2, -0.15) is 0 Å². The maximum atomic E-state index is 13.1. The van der Waals surface area contributed by atoms with Crippen molar-refractivity contribution in [2.24, 2.45) is 0 Å². The van der Waals surface area contributed by atoms with Crippen LogP contribution in [0.3, 0.4) is 0 Å². The van der Waals surface area contributed by atoms with Crippen LogP contribution in [0.2, 0.25) is 0 Å². The van der Waals surface area contributed by atoms with Crippen molar-refractivity contribution in [3.8, 4) is 0 Å². The molecule has 4 aromatic rings. The van der Waals surface area contributed by atoms with E-state index in [2.05, 4.69) is 5.32 Å². The highest BCUT2D eigenvalue weighted by Crippen LogP contribution is 2.31. The Bertz CT molecular complexity index is 1360. The fraction of sp³-hybridized carbons (Fsp3) is 0.208. The molecule has 31 heavy (non-hydrogen) atoms. The van der Waals surface area contributed by atoms with Crippen LogP contribution < -0.4 is 9.62 Å². The molecule has 0 aliphatic heterocycles. The number of fused-ring (bicyclic) bond motifs is 3. The first-order valence-corrected chi connectivity index (χ1v) is 11.9. The summed E-state index contributed by atoms with van der Waals surface area (Å²) in [7, 11) is -3.68. The first kappa shape index (κ1) is 20.9. The van der Waals surface area contributed by atoms with Crippen molar-refractivity contribution < 1.29 is 17.6 Å². The fourth-order valence-electron chi connectivity index (χ4n) is 3.78. The maximum Gasteiger partial charge on any atom is 0.248 e. The summed E-state index contributed by atoms with van der Waals surface area (Å²) >= 11 is 0. The Morgan fingerprint density at radius 2 is 1.68 bits per heavy atom. The molecule has 6 nitrogen and oxygen atoms in total. The predicted octanol–water partition coefficient (Wildman–Crippen LogP) is 5.08. The van der Waals surface area contributed by atoms with Crippen LogP contribution in [-0.2, 0) is 14.8 Å². The van der Waals surface area contributed by atoms with E-state index in [0.717, 1.165) is 28.2 Å². The van der Waals surface area contributed by atoms with Crippen molar-refractivity contribution >= 4 is 49.2 Å². The Morgan fingerprint density at radius 1 is 1.00 bits per heavy atom. The first-order valence-electron chi connectivity index (χ1n) is 10.1. The van der Waals surface area contributed by atoms with Crippen molar-refractivity contribution in [1.82, 2.24) is 0 Å². The number of rotatable bonds is 6. The van der Waals surface area contributed by atoms with Crippen LogP contribution in [0.5, 0.6) is 0 Å². The molecule has 0 bridgehead atoms. The molecule has 3 aromatic carbocycles. The molecule has 160 valence electrons. The van der Waals surface area contributed by atoms with E-state index in [9.17, 15) is 13.2 Å². The standard InChI is InChI=1S/C24H24N2O4S/c1-4-21(26(31(3,28)29)18-12-9-16(2)10-13-18)24(27)25-17-11-14-20-19-7-5-6-8-22(19)30-23(20)15-17/h5-15,21H,4H2,1-3H3,(H,25,27)/t21-/m0/s1. The monoisotopic (exact) mass is 436 g/mol. The predicted molar refractivity (Wildman–Crippen MR) is 125 cm³/mol. The minimum atomic E-state index is -3.68. The van der Waals surface area contributed by atoms with Gasteiger partial charge in [-0.1, -0.05) is 42.8 Å². The fourth-order valence-corrected chi connectivity index (χ4v) is 4.99. The molecule has 0 aliphatic rings. The minimum absolute atomic E-state index is 0.319. The molecule has 0 spiro atoms. The zero-order valence-corrected chi connectivity index (χ0v) is 18.4. The van der Waals surface area contributed by atoms with Crippen LogP contribution in [-0.4, -0.2) is 26.6 Å². The van der Waals surface area contributed by atoms with Crippen LogP contribution >= 0.6 is 0 Å². The molecule has 7 heteroatoms. The van der Waals surface area contributed by atoms with E-state index in [-0.39, 0.29) is 0 Å². The molecule has 1 aromatic heterocycles. The van der Waals surface area contributed by atoms with Gasteiger partial charge in [0.2, 0.25) is 15.9 Å². The van der Waals surface area contributed by atoms with Gasteiger partial charge in [0.15, 0.2) is 0 Å². The SMILES string of the molecule is CC[C@@H](C(=O)Nc1ccc2c(c1)oc1ccccc12)N(c1ccc(C)cc1)S(C)(=O)=O. The van der Waals surface area contributed by atoms with Crippen molar-refractivity contribution in [2.75, 3.05) is 15.9 Å². The maximum absolute atomic E-state index is 13.1. The van der Waals surface area contributed by atoms with E-state index < -0.39 is 22.0 Å². The second kappa shape index (κ2) is 8.07. The number of nitrogens with one attached hydrogen (secondary N) is 1. The summed E-state index contributed by atoms with van der Waals surface area (Å²) in [5.41, 5.74) is 3.45. The summed E-state index contributed by atoms with van der Waals surface area (Å²) < 4.78 is 32.2. The number of benzene rings is 3. The lowest BCUT2D eigenvalue weighted by molar-refractivity contribution is -0.117. The molecular weight excluding hydrogens is 412 g/mol. The zero-order chi connectivity index (χ0) is 22.2. The van der Waals surface area contributed by atoms with Gasteiger partial charge in [0.25, 0.3) is 0 Å². The van der Waals surface area contributed by atoms with Crippen LogP contribution in [0.15, 0.2) is 71.1 Å². The van der Waals surface area contributed by atoms with Gasteiger partial charge in [-0.25, -0.2) is 8.42 Å². The summed E-state index contributed by atoms with van der Waals surface area (Å²) in [6.07, 6.45) is 1.43. The number of hydrogen-bond acceptors (Lipinski definition) is 4. The molecule has 4 rings (SSSR count). The molecule has 0 saturated carbocycles. The molecule has 1 heterocycles. The highest BCUT2D eigenvalue weighted by molar-refractivity contribution is 7.92. The van der Waals surface area contributed by atoms with E-state index >= 15 is 0 Å². The number of aryl methyl sites for hydroxylation is 1. The number of carbonyl (C=O) groups excluding carboxylic acids is 1. The van der Waals surface area contributed by atoms with Crippen LogP contribution in [0.25, 0.3) is 21.9 Å². The van der Waals surface area contributed by atoms with Crippen molar-refractivity contribution in [3.63, 3.8) is 0 Å². The number of furan rings is 1. The lowest BCUT2D eigenvalue weighted by Crippen LogP contribution is -2.47. The minimum Gasteiger partial charge on any atom is -0.456 e. The molecule has 0 saturated heterocycles. The third-order valence-corrected chi connectivity index (χ3v) is 6.44. The molecular formula is C24H24N2O4S. The number of amides is 1.